The number of hydrogen-bond donors (Lipinski definition) is 0. The molecular formula is C19H23Br3N4O5. The van der Waals surface area contributed by atoms with Gasteiger partial charge in [-0.1, -0.05) is 0 Å². The zero-order chi connectivity index (χ0) is 22.4. The average Bonchev–Trinajstić information content (AvgIpc) is 2.81. The quantitative estimate of drug-likeness (QED) is 0.504. The van der Waals surface area contributed by atoms with Crippen molar-refractivity contribution in [1.82, 2.24) is 19.6 Å². The highest BCUT2D eigenvalue weighted by Crippen LogP contribution is 2.24. The zero-order valence-electron chi connectivity index (χ0n) is 16.9. The molecule has 9 nitrogen and oxygen atoms in total. The Morgan fingerprint density at radius 2 is 1.39 bits per heavy atom. The molecule has 2 aromatic heterocycles. The van der Waals surface area contributed by atoms with Crippen LogP contribution in [0.25, 0.3) is 0 Å². The van der Waals surface area contributed by atoms with Crippen molar-refractivity contribution < 1.29 is 14.2 Å². The molecule has 4 heterocycles. The number of halogens is 3. The van der Waals surface area contributed by atoms with Gasteiger partial charge in [0.05, 0.1) is 24.0 Å². The minimum atomic E-state index is -0.247. The molecule has 2 unspecified atom stereocenters. The zero-order valence-corrected chi connectivity index (χ0v) is 21.7. The van der Waals surface area contributed by atoms with Gasteiger partial charge in [-0.3, -0.25) is 9.59 Å². The van der Waals surface area contributed by atoms with E-state index >= 15 is 0 Å². The van der Waals surface area contributed by atoms with Gasteiger partial charge < -0.3 is 14.2 Å². The van der Waals surface area contributed by atoms with Gasteiger partial charge in [-0.2, -0.15) is 19.6 Å². The second-order valence-electron chi connectivity index (χ2n) is 6.98. The minimum absolute atomic E-state index is 0.156. The summed E-state index contributed by atoms with van der Waals surface area (Å²) in [4.78, 5) is 23.8. The van der Waals surface area contributed by atoms with Crippen LogP contribution >= 0.6 is 47.8 Å². The Labute approximate surface area is 204 Å². The van der Waals surface area contributed by atoms with Crippen molar-refractivity contribution in [3.8, 4) is 5.75 Å². The Morgan fingerprint density at radius 3 is 1.87 bits per heavy atom. The molecule has 2 aromatic rings. The standard InChI is InChI=1S/C10H13BrN2O3.C9H10Br2N2O2/c1-15-7-6-12-13(10(14)9(7)11)8-4-2-3-5-16-8;10-6-5-12-13(9(14)8(6)11)7-3-1-2-4-15-7/h6,8H,2-5H2,1H3;5,7H,1-4H2. The lowest BCUT2D eigenvalue weighted by Crippen LogP contribution is -2.31. The molecule has 0 saturated carbocycles. The third-order valence-electron chi connectivity index (χ3n) is 4.89. The molecule has 170 valence electrons. The predicted octanol–water partition coefficient (Wildman–Crippen LogP) is 4.18. The van der Waals surface area contributed by atoms with E-state index < -0.39 is 0 Å². The number of aromatic nitrogens is 4. The van der Waals surface area contributed by atoms with Gasteiger partial charge >= 0.3 is 0 Å². The van der Waals surface area contributed by atoms with Gasteiger partial charge in [0.1, 0.15) is 8.95 Å². The summed E-state index contributed by atoms with van der Waals surface area (Å²) < 4.78 is 20.3. The molecule has 2 atom stereocenters. The van der Waals surface area contributed by atoms with Crippen molar-refractivity contribution in [2.24, 2.45) is 0 Å². The van der Waals surface area contributed by atoms with Crippen molar-refractivity contribution >= 4 is 47.8 Å². The second-order valence-corrected chi connectivity index (χ2v) is 9.42. The molecule has 0 spiro atoms. The Kier molecular flexibility index (Phi) is 9.26. The minimum Gasteiger partial charge on any atom is -0.494 e. The number of rotatable bonds is 3. The van der Waals surface area contributed by atoms with Crippen molar-refractivity contribution in [2.75, 3.05) is 20.3 Å². The molecule has 2 fully saturated rings. The summed E-state index contributed by atoms with van der Waals surface area (Å²) in [6, 6.07) is 0. The lowest BCUT2D eigenvalue weighted by atomic mass is 10.2. The van der Waals surface area contributed by atoms with Crippen molar-refractivity contribution in [3.63, 3.8) is 0 Å². The van der Waals surface area contributed by atoms with Crippen LogP contribution in [0.1, 0.15) is 51.0 Å². The first kappa shape index (κ1) is 24.6. The molecule has 0 radical (unpaired) electrons. The Balaban J connectivity index is 0.000000176. The van der Waals surface area contributed by atoms with E-state index in [-0.39, 0.29) is 23.6 Å². The van der Waals surface area contributed by atoms with Crippen LogP contribution in [-0.2, 0) is 9.47 Å². The van der Waals surface area contributed by atoms with Crippen LogP contribution in [0.3, 0.4) is 0 Å². The molecular weight excluding hydrogens is 604 g/mol. The Bertz CT molecular complexity index is 1000. The third-order valence-corrected chi connectivity index (χ3v) is 7.52. The molecule has 0 aliphatic carbocycles. The SMILES string of the molecule is COc1cnn(C2CCCCO2)c(=O)c1Br.O=c1c(Br)c(Br)cnn1C1CCCCO1. The van der Waals surface area contributed by atoms with Crippen LogP contribution in [0, 0.1) is 0 Å². The van der Waals surface area contributed by atoms with Crippen LogP contribution in [0.5, 0.6) is 5.75 Å². The van der Waals surface area contributed by atoms with E-state index in [9.17, 15) is 9.59 Å². The van der Waals surface area contributed by atoms with E-state index in [0.717, 1.165) is 38.5 Å². The molecule has 0 amide bonds. The fourth-order valence-electron chi connectivity index (χ4n) is 3.24. The maximum Gasteiger partial charge on any atom is 0.287 e. The highest BCUT2D eigenvalue weighted by Gasteiger charge is 2.21. The van der Waals surface area contributed by atoms with E-state index in [1.54, 1.807) is 6.20 Å². The first-order valence-corrected chi connectivity index (χ1v) is 12.3. The predicted molar refractivity (Wildman–Crippen MR) is 124 cm³/mol. The molecule has 4 rings (SSSR count). The van der Waals surface area contributed by atoms with E-state index in [0.29, 0.717) is 32.4 Å². The maximum absolute atomic E-state index is 11.9. The summed E-state index contributed by atoms with van der Waals surface area (Å²) in [5.41, 5.74) is -0.373. The molecule has 2 aliphatic heterocycles. The average molecular weight is 627 g/mol. The second kappa shape index (κ2) is 11.7. The summed E-state index contributed by atoms with van der Waals surface area (Å²) in [6.07, 6.45) is 8.57. The van der Waals surface area contributed by atoms with Gasteiger partial charge in [0.25, 0.3) is 11.1 Å². The molecule has 0 aromatic carbocycles. The monoisotopic (exact) mass is 624 g/mol. The van der Waals surface area contributed by atoms with E-state index in [1.807, 2.05) is 0 Å². The number of methoxy groups -OCH3 is 1. The van der Waals surface area contributed by atoms with Crippen LogP contribution in [0.2, 0.25) is 0 Å². The van der Waals surface area contributed by atoms with E-state index in [2.05, 4.69) is 58.0 Å². The molecule has 31 heavy (non-hydrogen) atoms. The topological polar surface area (TPSA) is 97.5 Å². The molecule has 12 heteroatoms. The van der Waals surface area contributed by atoms with Crippen LogP contribution in [-0.4, -0.2) is 39.9 Å². The van der Waals surface area contributed by atoms with E-state index in [1.165, 1.54) is 22.7 Å². The maximum atomic E-state index is 11.9. The Hall–Kier alpha value is -1.08. The number of ether oxygens (including phenoxy) is 3. The molecule has 2 aliphatic rings. The largest absolute Gasteiger partial charge is 0.494 e. The first-order chi connectivity index (χ1) is 14.9. The molecule has 0 bridgehead atoms. The highest BCUT2D eigenvalue weighted by atomic mass is 79.9. The summed E-state index contributed by atoms with van der Waals surface area (Å²) in [5, 5.41) is 8.12. The summed E-state index contributed by atoms with van der Waals surface area (Å²) in [5.74, 6) is 0.442. The fourth-order valence-corrected chi connectivity index (χ4v) is 4.23. The van der Waals surface area contributed by atoms with Gasteiger partial charge in [0.2, 0.25) is 0 Å². The van der Waals surface area contributed by atoms with Crippen molar-refractivity contribution in [3.05, 3.63) is 46.5 Å². The van der Waals surface area contributed by atoms with Crippen LogP contribution in [0.15, 0.2) is 35.4 Å². The number of hydrogen-bond acceptors (Lipinski definition) is 7. The smallest absolute Gasteiger partial charge is 0.287 e. The summed E-state index contributed by atoms with van der Waals surface area (Å²) in [6.45, 7) is 1.38. The lowest BCUT2D eigenvalue weighted by Gasteiger charge is -2.23. The molecule has 2 saturated heterocycles. The van der Waals surface area contributed by atoms with Crippen molar-refractivity contribution in [2.45, 2.75) is 51.0 Å². The van der Waals surface area contributed by atoms with Crippen LogP contribution in [0.4, 0.5) is 0 Å². The molecule has 0 N–H and O–H groups in total. The third kappa shape index (κ3) is 6.04. The summed E-state index contributed by atoms with van der Waals surface area (Å²) in [7, 11) is 1.50. The Morgan fingerprint density at radius 1 is 0.871 bits per heavy atom. The number of nitrogens with zero attached hydrogens (tertiary/aromatic N) is 4. The van der Waals surface area contributed by atoms with Gasteiger partial charge in [0.15, 0.2) is 18.2 Å². The lowest BCUT2D eigenvalue weighted by molar-refractivity contribution is -0.0428. The van der Waals surface area contributed by atoms with Crippen LogP contribution < -0.4 is 15.9 Å². The first-order valence-electron chi connectivity index (χ1n) is 9.91. The van der Waals surface area contributed by atoms with Crippen molar-refractivity contribution in [1.29, 1.82) is 0 Å². The van der Waals surface area contributed by atoms with E-state index in [4.69, 9.17) is 14.2 Å². The van der Waals surface area contributed by atoms with Gasteiger partial charge in [-0.25, -0.2) is 0 Å². The highest BCUT2D eigenvalue weighted by molar-refractivity contribution is 9.13. The van der Waals surface area contributed by atoms with Gasteiger partial charge in [-0.15, -0.1) is 0 Å². The normalized spacial score (nSPS) is 21.2. The van der Waals surface area contributed by atoms with Gasteiger partial charge in [0, 0.05) is 13.2 Å². The summed E-state index contributed by atoms with van der Waals surface area (Å²) >= 11 is 9.67. The van der Waals surface area contributed by atoms with Gasteiger partial charge in [-0.05, 0) is 86.3 Å². The fraction of sp³-hybridized carbons (Fsp3) is 0.579.